The Balaban J connectivity index is 2.10. The molecule has 2 N–H and O–H groups in total. The molecule has 1 saturated heterocycles. The lowest BCUT2D eigenvalue weighted by Gasteiger charge is -2.23. The summed E-state index contributed by atoms with van der Waals surface area (Å²) in [5.74, 6) is 3.51. The number of aromatic nitrogens is 3. The molecule has 1 aliphatic heterocycles. The SMILES string of the molecule is COc1ccc2nc(N)n(C3CCSCC3)c2n1. The molecule has 0 unspecified atom stereocenters. The van der Waals surface area contributed by atoms with Gasteiger partial charge in [0.2, 0.25) is 11.8 Å². The van der Waals surface area contributed by atoms with E-state index in [0.717, 1.165) is 24.0 Å². The van der Waals surface area contributed by atoms with Gasteiger partial charge in [0.1, 0.15) is 5.52 Å². The van der Waals surface area contributed by atoms with E-state index in [-0.39, 0.29) is 0 Å². The van der Waals surface area contributed by atoms with Gasteiger partial charge in [0.25, 0.3) is 0 Å². The smallest absolute Gasteiger partial charge is 0.215 e. The van der Waals surface area contributed by atoms with Crippen LogP contribution in [-0.2, 0) is 0 Å². The summed E-state index contributed by atoms with van der Waals surface area (Å²) in [6.07, 6.45) is 2.25. The Morgan fingerprint density at radius 2 is 2.11 bits per heavy atom. The zero-order valence-corrected chi connectivity index (χ0v) is 11.1. The van der Waals surface area contributed by atoms with E-state index in [9.17, 15) is 0 Å². The van der Waals surface area contributed by atoms with E-state index >= 15 is 0 Å². The zero-order chi connectivity index (χ0) is 12.5. The van der Waals surface area contributed by atoms with Crippen LogP contribution in [0, 0.1) is 0 Å². The number of pyridine rings is 1. The van der Waals surface area contributed by atoms with Gasteiger partial charge in [-0.1, -0.05) is 0 Å². The van der Waals surface area contributed by atoms with Crippen molar-refractivity contribution < 1.29 is 4.74 Å². The molecule has 1 aliphatic rings. The van der Waals surface area contributed by atoms with Crippen molar-refractivity contribution >= 4 is 28.9 Å². The molecule has 0 aliphatic carbocycles. The molecule has 96 valence electrons. The Morgan fingerprint density at radius 3 is 2.83 bits per heavy atom. The van der Waals surface area contributed by atoms with Crippen LogP contribution in [0.25, 0.3) is 11.2 Å². The van der Waals surface area contributed by atoms with E-state index in [0.29, 0.717) is 17.9 Å². The number of nitrogens with zero attached hydrogens (tertiary/aromatic N) is 3. The molecule has 0 aromatic carbocycles. The van der Waals surface area contributed by atoms with Gasteiger partial charge in [-0.15, -0.1) is 0 Å². The Labute approximate surface area is 110 Å². The summed E-state index contributed by atoms with van der Waals surface area (Å²) in [4.78, 5) is 8.86. The minimum absolute atomic E-state index is 0.413. The van der Waals surface area contributed by atoms with Crippen LogP contribution < -0.4 is 10.5 Å². The Bertz CT molecular complexity index is 562. The van der Waals surface area contributed by atoms with Gasteiger partial charge in [-0.2, -0.15) is 16.7 Å². The maximum Gasteiger partial charge on any atom is 0.215 e. The van der Waals surface area contributed by atoms with Crippen LogP contribution in [-0.4, -0.2) is 33.2 Å². The first-order valence-corrected chi connectivity index (χ1v) is 7.21. The van der Waals surface area contributed by atoms with Crippen molar-refractivity contribution in [1.82, 2.24) is 14.5 Å². The van der Waals surface area contributed by atoms with E-state index in [2.05, 4.69) is 14.5 Å². The van der Waals surface area contributed by atoms with E-state index in [1.807, 2.05) is 23.9 Å². The van der Waals surface area contributed by atoms with Crippen LogP contribution in [0.1, 0.15) is 18.9 Å². The van der Waals surface area contributed by atoms with Crippen molar-refractivity contribution in [3.05, 3.63) is 12.1 Å². The highest BCUT2D eigenvalue weighted by molar-refractivity contribution is 7.99. The predicted molar refractivity (Wildman–Crippen MR) is 74.1 cm³/mol. The molecule has 3 rings (SSSR count). The molecule has 0 saturated carbocycles. The fourth-order valence-corrected chi connectivity index (χ4v) is 3.47. The Morgan fingerprint density at radius 1 is 1.33 bits per heavy atom. The third-order valence-electron chi connectivity index (χ3n) is 3.30. The molecule has 6 heteroatoms. The standard InChI is InChI=1S/C12H16N4OS/c1-17-10-3-2-9-11(15-10)16(12(13)14-9)8-4-6-18-7-5-8/h2-3,8H,4-7H2,1H3,(H2,13,14). The molecule has 0 radical (unpaired) electrons. The number of methoxy groups -OCH3 is 1. The van der Waals surface area contributed by atoms with Crippen molar-refractivity contribution in [2.75, 3.05) is 24.3 Å². The second-order valence-electron chi connectivity index (χ2n) is 4.38. The van der Waals surface area contributed by atoms with Crippen LogP contribution in [0.4, 0.5) is 5.95 Å². The van der Waals surface area contributed by atoms with Crippen molar-refractivity contribution in [3.63, 3.8) is 0 Å². The van der Waals surface area contributed by atoms with E-state index in [1.54, 1.807) is 7.11 Å². The second-order valence-corrected chi connectivity index (χ2v) is 5.60. The maximum atomic E-state index is 6.04. The van der Waals surface area contributed by atoms with E-state index in [4.69, 9.17) is 10.5 Å². The highest BCUT2D eigenvalue weighted by Gasteiger charge is 2.21. The molecular formula is C12H16N4OS. The summed E-state index contributed by atoms with van der Waals surface area (Å²) in [5.41, 5.74) is 7.72. The van der Waals surface area contributed by atoms with Crippen LogP contribution in [0.15, 0.2) is 12.1 Å². The molecule has 2 aromatic rings. The Hall–Kier alpha value is -1.43. The molecule has 0 atom stereocenters. The van der Waals surface area contributed by atoms with Crippen LogP contribution in [0.2, 0.25) is 0 Å². The number of anilines is 1. The third kappa shape index (κ3) is 1.90. The first kappa shape index (κ1) is 11.6. The van der Waals surface area contributed by atoms with Crippen LogP contribution in [0.3, 0.4) is 0 Å². The van der Waals surface area contributed by atoms with Crippen LogP contribution in [0.5, 0.6) is 5.88 Å². The van der Waals surface area contributed by atoms with Crippen molar-refractivity contribution in [1.29, 1.82) is 0 Å². The Kier molecular flexibility index (Phi) is 3.03. The molecule has 0 bridgehead atoms. The first-order valence-electron chi connectivity index (χ1n) is 6.06. The van der Waals surface area contributed by atoms with Gasteiger partial charge in [-0.05, 0) is 30.4 Å². The maximum absolute atomic E-state index is 6.04. The summed E-state index contributed by atoms with van der Waals surface area (Å²) in [6, 6.07) is 4.14. The minimum Gasteiger partial charge on any atom is -0.481 e. The summed E-state index contributed by atoms with van der Waals surface area (Å²) < 4.78 is 7.24. The number of thioether (sulfide) groups is 1. The van der Waals surface area contributed by atoms with Gasteiger partial charge in [-0.25, -0.2) is 4.98 Å². The lowest BCUT2D eigenvalue weighted by atomic mass is 10.1. The fourth-order valence-electron chi connectivity index (χ4n) is 2.39. The molecule has 18 heavy (non-hydrogen) atoms. The normalized spacial score (nSPS) is 17.2. The van der Waals surface area contributed by atoms with Gasteiger partial charge >= 0.3 is 0 Å². The molecule has 3 heterocycles. The quantitative estimate of drug-likeness (QED) is 0.899. The van der Waals surface area contributed by atoms with Gasteiger partial charge in [-0.3, -0.25) is 4.57 Å². The van der Waals surface area contributed by atoms with Gasteiger partial charge in [0.15, 0.2) is 5.65 Å². The minimum atomic E-state index is 0.413. The number of hydrogen-bond donors (Lipinski definition) is 1. The molecule has 5 nitrogen and oxygen atoms in total. The number of nitrogens with two attached hydrogens (primary N) is 1. The number of imidazole rings is 1. The molecule has 0 amide bonds. The third-order valence-corrected chi connectivity index (χ3v) is 4.35. The van der Waals surface area contributed by atoms with E-state index < -0.39 is 0 Å². The fraction of sp³-hybridized carbons (Fsp3) is 0.500. The summed E-state index contributed by atoms with van der Waals surface area (Å²) in [6.45, 7) is 0. The van der Waals surface area contributed by atoms with E-state index in [1.165, 1.54) is 11.5 Å². The molecule has 0 spiro atoms. The number of ether oxygens (including phenoxy) is 1. The number of nitrogen functional groups attached to an aromatic ring is 1. The average molecular weight is 264 g/mol. The van der Waals surface area contributed by atoms with Gasteiger partial charge < -0.3 is 10.5 Å². The predicted octanol–water partition coefficient (Wildman–Crippen LogP) is 2.09. The van der Waals surface area contributed by atoms with Crippen molar-refractivity contribution in [3.8, 4) is 5.88 Å². The number of rotatable bonds is 2. The lowest BCUT2D eigenvalue weighted by Crippen LogP contribution is -2.17. The first-order chi connectivity index (χ1) is 8.79. The summed E-state index contributed by atoms with van der Waals surface area (Å²) in [5, 5.41) is 0. The second kappa shape index (κ2) is 4.68. The lowest BCUT2D eigenvalue weighted by molar-refractivity contribution is 0.398. The van der Waals surface area contributed by atoms with Gasteiger partial charge in [0, 0.05) is 12.1 Å². The summed E-state index contributed by atoms with van der Waals surface area (Å²) >= 11 is 2.00. The number of fused-ring (bicyclic) bond motifs is 1. The van der Waals surface area contributed by atoms with Crippen LogP contribution >= 0.6 is 11.8 Å². The molecule has 2 aromatic heterocycles. The topological polar surface area (TPSA) is 66.0 Å². The van der Waals surface area contributed by atoms with Crippen molar-refractivity contribution in [2.45, 2.75) is 18.9 Å². The zero-order valence-electron chi connectivity index (χ0n) is 10.3. The average Bonchev–Trinajstić information content (AvgIpc) is 2.74. The monoisotopic (exact) mass is 264 g/mol. The van der Waals surface area contributed by atoms with Gasteiger partial charge in [0.05, 0.1) is 7.11 Å². The molecule has 1 fully saturated rings. The number of hydrogen-bond acceptors (Lipinski definition) is 5. The largest absolute Gasteiger partial charge is 0.481 e. The summed E-state index contributed by atoms with van der Waals surface area (Å²) in [7, 11) is 1.62. The molecular weight excluding hydrogens is 248 g/mol. The van der Waals surface area contributed by atoms with Crippen molar-refractivity contribution in [2.24, 2.45) is 0 Å². The highest BCUT2D eigenvalue weighted by atomic mass is 32.2. The highest BCUT2D eigenvalue weighted by Crippen LogP contribution is 2.32.